The first-order valence-corrected chi connectivity index (χ1v) is 6.65. The third kappa shape index (κ3) is 2.74. The molecule has 0 N–H and O–H groups in total. The number of ether oxygens (including phenoxy) is 1. The maximum atomic E-state index is 5.76. The lowest BCUT2D eigenvalue weighted by atomic mass is 9.80. The minimum Gasteiger partial charge on any atom is -0.475 e. The van der Waals surface area contributed by atoms with Crippen LogP contribution in [0.15, 0.2) is 40.9 Å². The Morgan fingerprint density at radius 1 is 1.56 bits per heavy atom. The zero-order chi connectivity index (χ0) is 13.3. The van der Waals surface area contributed by atoms with Crippen molar-refractivity contribution in [2.75, 3.05) is 6.61 Å². The minimum atomic E-state index is -0.0824. The summed E-state index contributed by atoms with van der Waals surface area (Å²) in [6.45, 7) is 13.2. The van der Waals surface area contributed by atoms with Crippen LogP contribution in [0.1, 0.15) is 34.1 Å². The molecule has 0 aromatic carbocycles. The van der Waals surface area contributed by atoms with Gasteiger partial charge in [0.15, 0.2) is 0 Å². The van der Waals surface area contributed by atoms with Gasteiger partial charge in [-0.15, -0.1) is 6.58 Å². The summed E-state index contributed by atoms with van der Waals surface area (Å²) in [5, 5.41) is 0. The summed E-state index contributed by atoms with van der Waals surface area (Å²) in [5.74, 6) is 1.79. The van der Waals surface area contributed by atoms with E-state index in [1.165, 1.54) is 11.1 Å². The quantitative estimate of drug-likeness (QED) is 0.691. The van der Waals surface area contributed by atoms with Crippen molar-refractivity contribution in [2.45, 2.75) is 39.7 Å². The van der Waals surface area contributed by atoms with Crippen molar-refractivity contribution in [1.82, 2.24) is 0 Å². The Balaban J connectivity index is 2.17. The molecular formula is C16H23NO. The first kappa shape index (κ1) is 13.1. The second-order valence-electron chi connectivity index (χ2n) is 6.14. The van der Waals surface area contributed by atoms with Crippen LogP contribution in [0.5, 0.6) is 0 Å². The molecule has 0 fully saturated rings. The fraction of sp³-hybridized carbons (Fsp3) is 0.562. The molecule has 0 spiro atoms. The predicted octanol–water partition coefficient (Wildman–Crippen LogP) is 3.91. The Morgan fingerprint density at radius 2 is 2.28 bits per heavy atom. The lowest BCUT2D eigenvalue weighted by molar-refractivity contribution is 0.276. The third-order valence-electron chi connectivity index (χ3n) is 3.56. The molecule has 0 amide bonds. The molecule has 2 rings (SSSR count). The molecule has 0 aromatic heterocycles. The SMILES string of the molecule is C=C(C)C[C@@H]1C=CC=C(C2=NC(C)(C)CO2)[C@H]1C. The van der Waals surface area contributed by atoms with E-state index in [0.717, 1.165) is 12.3 Å². The maximum absolute atomic E-state index is 5.76. The van der Waals surface area contributed by atoms with Gasteiger partial charge in [0.1, 0.15) is 6.61 Å². The van der Waals surface area contributed by atoms with E-state index < -0.39 is 0 Å². The molecule has 0 aromatic rings. The topological polar surface area (TPSA) is 21.6 Å². The van der Waals surface area contributed by atoms with Crippen LogP contribution in [0.4, 0.5) is 0 Å². The highest BCUT2D eigenvalue weighted by molar-refractivity contribution is 5.96. The summed E-state index contributed by atoms with van der Waals surface area (Å²) in [6.07, 6.45) is 7.56. The second kappa shape index (κ2) is 4.75. The lowest BCUT2D eigenvalue weighted by Gasteiger charge is -2.26. The molecule has 0 saturated heterocycles. The van der Waals surface area contributed by atoms with E-state index in [2.05, 4.69) is 57.5 Å². The van der Waals surface area contributed by atoms with Gasteiger partial charge >= 0.3 is 0 Å². The summed E-state index contributed by atoms with van der Waals surface area (Å²) in [7, 11) is 0. The molecule has 1 aliphatic carbocycles. The molecule has 2 atom stereocenters. The number of hydrogen-bond acceptors (Lipinski definition) is 2. The first-order valence-electron chi connectivity index (χ1n) is 6.65. The average Bonchev–Trinajstić information content (AvgIpc) is 2.61. The Bertz CT molecular complexity index is 440. The fourth-order valence-electron chi connectivity index (χ4n) is 2.50. The number of allylic oxidation sites excluding steroid dienone is 4. The average molecular weight is 245 g/mol. The van der Waals surface area contributed by atoms with Gasteiger partial charge in [0, 0.05) is 5.57 Å². The lowest BCUT2D eigenvalue weighted by Crippen LogP contribution is -2.20. The van der Waals surface area contributed by atoms with E-state index >= 15 is 0 Å². The number of rotatable bonds is 3. The van der Waals surface area contributed by atoms with Crippen LogP contribution in [-0.4, -0.2) is 18.0 Å². The van der Waals surface area contributed by atoms with Crippen molar-refractivity contribution in [2.24, 2.45) is 16.8 Å². The summed E-state index contributed by atoms with van der Waals surface area (Å²) in [4.78, 5) is 4.68. The second-order valence-corrected chi connectivity index (χ2v) is 6.14. The standard InChI is InChI=1S/C16H23NO/c1-11(2)9-13-7-6-8-14(12(13)3)15-17-16(4,5)10-18-15/h6-8,12-13H,1,9-10H2,2-5H3/t12-,13-/m0/s1. The van der Waals surface area contributed by atoms with Crippen LogP contribution < -0.4 is 0 Å². The predicted molar refractivity (Wildman–Crippen MR) is 76.8 cm³/mol. The van der Waals surface area contributed by atoms with Crippen LogP contribution in [0.2, 0.25) is 0 Å². The van der Waals surface area contributed by atoms with Gasteiger partial charge in [-0.3, -0.25) is 0 Å². The Morgan fingerprint density at radius 3 is 2.83 bits per heavy atom. The molecule has 0 saturated carbocycles. The largest absolute Gasteiger partial charge is 0.475 e. The Hall–Kier alpha value is -1.31. The molecule has 98 valence electrons. The van der Waals surface area contributed by atoms with E-state index in [0.29, 0.717) is 18.4 Å². The number of nitrogens with zero attached hydrogens (tertiary/aromatic N) is 1. The normalized spacial score (nSPS) is 29.6. The monoisotopic (exact) mass is 245 g/mol. The summed E-state index contributed by atoms with van der Waals surface area (Å²) in [5.41, 5.74) is 2.38. The molecule has 1 aliphatic heterocycles. The molecule has 0 bridgehead atoms. The highest BCUT2D eigenvalue weighted by Gasteiger charge is 2.32. The van der Waals surface area contributed by atoms with Crippen molar-refractivity contribution in [3.8, 4) is 0 Å². The fourth-order valence-corrected chi connectivity index (χ4v) is 2.50. The van der Waals surface area contributed by atoms with Gasteiger partial charge in [-0.25, -0.2) is 4.99 Å². The Kier molecular flexibility index (Phi) is 3.47. The maximum Gasteiger partial charge on any atom is 0.212 e. The molecule has 2 heteroatoms. The minimum absolute atomic E-state index is 0.0824. The number of aliphatic imine (C=N–C) groups is 1. The van der Waals surface area contributed by atoms with E-state index in [4.69, 9.17) is 4.74 Å². The molecule has 0 unspecified atom stereocenters. The van der Waals surface area contributed by atoms with E-state index in [-0.39, 0.29) is 5.54 Å². The molecule has 1 heterocycles. The highest BCUT2D eigenvalue weighted by atomic mass is 16.5. The van der Waals surface area contributed by atoms with Gasteiger partial charge < -0.3 is 4.74 Å². The van der Waals surface area contributed by atoms with Crippen molar-refractivity contribution >= 4 is 5.90 Å². The summed E-state index contributed by atoms with van der Waals surface area (Å²) in [6, 6.07) is 0. The van der Waals surface area contributed by atoms with Crippen molar-refractivity contribution in [3.63, 3.8) is 0 Å². The van der Waals surface area contributed by atoms with E-state index in [1.54, 1.807) is 0 Å². The summed E-state index contributed by atoms with van der Waals surface area (Å²) < 4.78 is 5.76. The van der Waals surface area contributed by atoms with Crippen LogP contribution in [0, 0.1) is 11.8 Å². The molecular weight excluding hydrogens is 222 g/mol. The Labute approximate surface area is 110 Å². The third-order valence-corrected chi connectivity index (χ3v) is 3.56. The van der Waals surface area contributed by atoms with Gasteiger partial charge in [-0.1, -0.05) is 30.7 Å². The van der Waals surface area contributed by atoms with Gasteiger partial charge in [0.2, 0.25) is 5.90 Å². The molecule has 0 radical (unpaired) electrons. The summed E-state index contributed by atoms with van der Waals surface area (Å²) >= 11 is 0. The zero-order valence-corrected chi connectivity index (χ0v) is 11.9. The van der Waals surface area contributed by atoms with Crippen molar-refractivity contribution < 1.29 is 4.74 Å². The highest BCUT2D eigenvalue weighted by Crippen LogP contribution is 2.33. The van der Waals surface area contributed by atoms with Gasteiger partial charge in [-0.2, -0.15) is 0 Å². The van der Waals surface area contributed by atoms with Crippen LogP contribution in [0.25, 0.3) is 0 Å². The van der Waals surface area contributed by atoms with Gasteiger partial charge in [-0.05, 0) is 39.0 Å². The molecule has 2 aliphatic rings. The smallest absolute Gasteiger partial charge is 0.212 e. The molecule has 18 heavy (non-hydrogen) atoms. The van der Waals surface area contributed by atoms with Crippen molar-refractivity contribution in [3.05, 3.63) is 36.0 Å². The van der Waals surface area contributed by atoms with Crippen LogP contribution >= 0.6 is 0 Å². The van der Waals surface area contributed by atoms with Crippen LogP contribution in [0.3, 0.4) is 0 Å². The zero-order valence-electron chi connectivity index (χ0n) is 11.9. The van der Waals surface area contributed by atoms with Gasteiger partial charge in [0.25, 0.3) is 0 Å². The molecule has 2 nitrogen and oxygen atoms in total. The van der Waals surface area contributed by atoms with Gasteiger partial charge in [0.05, 0.1) is 5.54 Å². The van der Waals surface area contributed by atoms with E-state index in [9.17, 15) is 0 Å². The van der Waals surface area contributed by atoms with E-state index in [1.807, 2.05) is 0 Å². The van der Waals surface area contributed by atoms with Crippen molar-refractivity contribution in [1.29, 1.82) is 0 Å². The first-order chi connectivity index (χ1) is 8.39. The van der Waals surface area contributed by atoms with Crippen LogP contribution in [-0.2, 0) is 4.74 Å². The number of hydrogen-bond donors (Lipinski definition) is 0.